The van der Waals surface area contributed by atoms with E-state index in [0.29, 0.717) is 33.8 Å². The Kier molecular flexibility index (Phi) is 8.07. The molecule has 11 heteroatoms. The lowest BCUT2D eigenvalue weighted by molar-refractivity contribution is -0.113. The smallest absolute Gasteiger partial charge is 0.335 e. The molecule has 1 aromatic heterocycles. The fourth-order valence-electron chi connectivity index (χ4n) is 2.99. The number of carboxylic acids is 1. The minimum Gasteiger partial charge on any atom is -0.478 e. The van der Waals surface area contributed by atoms with E-state index in [2.05, 4.69) is 20.8 Å². The van der Waals surface area contributed by atoms with E-state index >= 15 is 0 Å². The molecule has 0 saturated carbocycles. The number of carbonyl (C=O) groups excluding carboxylic acids is 2. The fourth-order valence-corrected chi connectivity index (χ4v) is 3.93. The van der Waals surface area contributed by atoms with Gasteiger partial charge in [0.15, 0.2) is 11.0 Å². The van der Waals surface area contributed by atoms with Gasteiger partial charge in [0.25, 0.3) is 5.91 Å². The molecule has 9 nitrogen and oxygen atoms in total. The first-order chi connectivity index (χ1) is 15.8. The van der Waals surface area contributed by atoms with Crippen molar-refractivity contribution in [3.05, 3.63) is 70.5 Å². The van der Waals surface area contributed by atoms with Crippen LogP contribution in [0.3, 0.4) is 0 Å². The summed E-state index contributed by atoms with van der Waals surface area (Å²) in [6, 6.07) is 12.1. The van der Waals surface area contributed by atoms with Crippen LogP contribution in [0.25, 0.3) is 0 Å². The van der Waals surface area contributed by atoms with Gasteiger partial charge in [0.2, 0.25) is 5.91 Å². The average molecular weight is 488 g/mol. The maximum atomic E-state index is 12.5. The van der Waals surface area contributed by atoms with Crippen molar-refractivity contribution in [3.8, 4) is 0 Å². The minimum atomic E-state index is -1.03. The molecule has 33 heavy (non-hydrogen) atoms. The molecule has 0 spiro atoms. The third-order valence-corrected chi connectivity index (χ3v) is 5.87. The number of carboxylic acid groups (broad SMARTS) is 1. The van der Waals surface area contributed by atoms with Gasteiger partial charge in [0.1, 0.15) is 0 Å². The largest absolute Gasteiger partial charge is 0.478 e. The van der Waals surface area contributed by atoms with Gasteiger partial charge in [-0.3, -0.25) is 9.59 Å². The van der Waals surface area contributed by atoms with E-state index in [1.54, 1.807) is 24.3 Å². The van der Waals surface area contributed by atoms with Crippen LogP contribution in [-0.2, 0) is 11.3 Å². The van der Waals surface area contributed by atoms with Gasteiger partial charge in [-0.1, -0.05) is 23.4 Å². The summed E-state index contributed by atoms with van der Waals surface area (Å²) in [6.07, 6.45) is 0. The Balaban J connectivity index is 1.60. The summed E-state index contributed by atoms with van der Waals surface area (Å²) in [5.74, 6) is -0.889. The van der Waals surface area contributed by atoms with Crippen molar-refractivity contribution in [1.29, 1.82) is 0 Å². The van der Waals surface area contributed by atoms with Gasteiger partial charge in [0.05, 0.1) is 17.4 Å². The number of nitrogens with one attached hydrogen (secondary N) is 2. The number of amides is 2. The zero-order valence-electron chi connectivity index (χ0n) is 17.9. The number of hydrogen-bond donors (Lipinski definition) is 3. The molecular weight excluding hydrogens is 466 g/mol. The lowest BCUT2D eigenvalue weighted by Gasteiger charge is -2.15. The summed E-state index contributed by atoms with van der Waals surface area (Å²) in [5.41, 5.74) is 1.13. The van der Waals surface area contributed by atoms with Gasteiger partial charge < -0.3 is 20.3 Å². The first-order valence-electron chi connectivity index (χ1n) is 10.0. The number of halogens is 1. The zero-order chi connectivity index (χ0) is 24.0. The van der Waals surface area contributed by atoms with Gasteiger partial charge in [0, 0.05) is 22.8 Å². The molecule has 0 fully saturated rings. The highest BCUT2D eigenvalue weighted by molar-refractivity contribution is 7.99. The highest BCUT2D eigenvalue weighted by Crippen LogP contribution is 2.21. The summed E-state index contributed by atoms with van der Waals surface area (Å²) in [5, 5.41) is 24.0. The van der Waals surface area contributed by atoms with E-state index in [0.717, 1.165) is 0 Å². The summed E-state index contributed by atoms with van der Waals surface area (Å²) < 4.78 is 1.84. The number of anilines is 1. The van der Waals surface area contributed by atoms with Gasteiger partial charge in [-0.2, -0.15) is 0 Å². The second-order valence-electron chi connectivity index (χ2n) is 7.01. The molecular formula is C22H22ClN5O4S. The molecule has 1 heterocycles. The van der Waals surface area contributed by atoms with Crippen molar-refractivity contribution in [2.24, 2.45) is 0 Å². The van der Waals surface area contributed by atoms with Crippen LogP contribution in [-0.4, -0.2) is 43.4 Å². The van der Waals surface area contributed by atoms with E-state index in [9.17, 15) is 14.4 Å². The molecule has 3 rings (SSSR count). The molecule has 0 radical (unpaired) electrons. The van der Waals surface area contributed by atoms with Crippen LogP contribution in [0.1, 0.15) is 46.4 Å². The lowest BCUT2D eigenvalue weighted by atomic mass is 10.2. The van der Waals surface area contributed by atoms with E-state index in [1.165, 1.54) is 36.0 Å². The molecule has 0 aliphatic carbocycles. The number of benzene rings is 2. The van der Waals surface area contributed by atoms with Crippen molar-refractivity contribution in [2.75, 3.05) is 11.1 Å². The van der Waals surface area contributed by atoms with Crippen LogP contribution in [0.5, 0.6) is 0 Å². The fraction of sp³-hybridized carbons (Fsp3) is 0.227. The third kappa shape index (κ3) is 6.33. The SMILES string of the molecule is CCn1c(SCC(=O)Nc2ccc(C(=O)O)cc2)nnc1[C@H](C)NC(=O)c1ccc(Cl)cc1. The molecule has 1 atom stereocenters. The maximum Gasteiger partial charge on any atom is 0.335 e. The Morgan fingerprint density at radius 3 is 2.30 bits per heavy atom. The number of aromatic nitrogens is 3. The van der Waals surface area contributed by atoms with E-state index in [-0.39, 0.29) is 23.1 Å². The normalized spacial score (nSPS) is 11.6. The quantitative estimate of drug-likeness (QED) is 0.391. The molecule has 0 aliphatic heterocycles. The topological polar surface area (TPSA) is 126 Å². The molecule has 3 N–H and O–H groups in total. The summed E-state index contributed by atoms with van der Waals surface area (Å²) in [4.78, 5) is 35.7. The van der Waals surface area contributed by atoms with Crippen molar-refractivity contribution < 1.29 is 19.5 Å². The van der Waals surface area contributed by atoms with E-state index in [1.807, 2.05) is 18.4 Å². The van der Waals surface area contributed by atoms with Crippen LogP contribution >= 0.6 is 23.4 Å². The van der Waals surface area contributed by atoms with Crippen molar-refractivity contribution in [2.45, 2.75) is 31.6 Å². The number of rotatable bonds is 9. The van der Waals surface area contributed by atoms with E-state index < -0.39 is 12.0 Å². The van der Waals surface area contributed by atoms with Crippen molar-refractivity contribution >= 4 is 46.8 Å². The van der Waals surface area contributed by atoms with Gasteiger partial charge in [-0.25, -0.2) is 4.79 Å². The Morgan fingerprint density at radius 1 is 1.06 bits per heavy atom. The molecule has 2 aromatic carbocycles. The van der Waals surface area contributed by atoms with Gasteiger partial charge in [-0.15, -0.1) is 10.2 Å². The summed E-state index contributed by atoms with van der Waals surface area (Å²) >= 11 is 7.09. The Bertz CT molecular complexity index is 1150. The monoisotopic (exact) mass is 487 g/mol. The number of thioether (sulfide) groups is 1. The Labute approximate surface area is 199 Å². The van der Waals surface area contributed by atoms with Crippen LogP contribution in [0.15, 0.2) is 53.7 Å². The lowest BCUT2D eigenvalue weighted by Crippen LogP contribution is -2.28. The van der Waals surface area contributed by atoms with Crippen molar-refractivity contribution in [3.63, 3.8) is 0 Å². The van der Waals surface area contributed by atoms with E-state index in [4.69, 9.17) is 16.7 Å². The highest BCUT2D eigenvalue weighted by Gasteiger charge is 2.20. The predicted molar refractivity (Wildman–Crippen MR) is 126 cm³/mol. The van der Waals surface area contributed by atoms with Crippen molar-refractivity contribution in [1.82, 2.24) is 20.1 Å². The average Bonchev–Trinajstić information content (AvgIpc) is 3.21. The maximum absolute atomic E-state index is 12.5. The number of hydrogen-bond acceptors (Lipinski definition) is 6. The van der Waals surface area contributed by atoms with Gasteiger partial charge in [-0.05, 0) is 62.4 Å². The molecule has 3 aromatic rings. The molecule has 172 valence electrons. The van der Waals surface area contributed by atoms with Crippen LogP contribution in [0.2, 0.25) is 5.02 Å². The van der Waals surface area contributed by atoms with Crippen LogP contribution < -0.4 is 10.6 Å². The molecule has 2 amide bonds. The molecule has 0 bridgehead atoms. The Hall–Kier alpha value is -3.37. The molecule has 0 aliphatic rings. The second kappa shape index (κ2) is 11.0. The molecule has 0 unspecified atom stereocenters. The molecule has 0 saturated heterocycles. The number of aromatic carboxylic acids is 1. The van der Waals surface area contributed by atoms with Gasteiger partial charge >= 0.3 is 5.97 Å². The third-order valence-electron chi connectivity index (χ3n) is 4.65. The second-order valence-corrected chi connectivity index (χ2v) is 8.39. The Morgan fingerprint density at radius 2 is 1.70 bits per heavy atom. The predicted octanol–water partition coefficient (Wildman–Crippen LogP) is 3.87. The van der Waals surface area contributed by atoms with Crippen LogP contribution in [0.4, 0.5) is 5.69 Å². The summed E-state index contributed by atoms with van der Waals surface area (Å²) in [6.45, 7) is 4.30. The standard InChI is InChI=1S/C22H22ClN5O4S/c1-3-28-19(13(2)24-20(30)14-4-8-16(23)9-5-14)26-27-22(28)33-12-18(29)25-17-10-6-15(7-11-17)21(31)32/h4-11,13H,3,12H2,1-2H3,(H,24,30)(H,25,29)(H,31,32)/t13-/m0/s1. The number of carbonyl (C=O) groups is 3. The first kappa shape index (κ1) is 24.3. The van der Waals surface area contributed by atoms with Crippen LogP contribution in [0, 0.1) is 0 Å². The number of nitrogens with zero attached hydrogens (tertiary/aromatic N) is 3. The summed E-state index contributed by atoms with van der Waals surface area (Å²) in [7, 11) is 0. The first-order valence-corrected chi connectivity index (χ1v) is 11.4. The minimum absolute atomic E-state index is 0.0876. The highest BCUT2D eigenvalue weighted by atomic mass is 35.5. The zero-order valence-corrected chi connectivity index (χ0v) is 19.5.